The third-order valence-electron chi connectivity index (χ3n) is 2.83. The predicted octanol–water partition coefficient (Wildman–Crippen LogP) is 2.54. The Morgan fingerprint density at radius 2 is 1.95 bits per heavy atom. The Balaban J connectivity index is 2.21. The number of hydrogen-bond acceptors (Lipinski definition) is 4. The van der Waals surface area contributed by atoms with Gasteiger partial charge in [-0.3, -0.25) is 0 Å². The third-order valence-corrected chi connectivity index (χ3v) is 2.83. The second-order valence-corrected chi connectivity index (χ2v) is 4.18. The highest BCUT2D eigenvalue weighted by atomic mass is 19.3. The van der Waals surface area contributed by atoms with Crippen molar-refractivity contribution in [3.8, 4) is 5.75 Å². The van der Waals surface area contributed by atoms with Crippen LogP contribution >= 0.6 is 0 Å². The van der Waals surface area contributed by atoms with Crippen LogP contribution in [-0.4, -0.2) is 16.7 Å². The van der Waals surface area contributed by atoms with Crippen molar-refractivity contribution in [3.63, 3.8) is 0 Å². The topological polar surface area (TPSA) is 68.4 Å². The van der Waals surface area contributed by atoms with E-state index in [4.69, 9.17) is 5.73 Å². The number of aliphatic hydroxyl groups is 1. The van der Waals surface area contributed by atoms with E-state index in [1.165, 1.54) is 12.1 Å². The first-order chi connectivity index (χ1) is 9.58. The van der Waals surface area contributed by atoms with Crippen molar-refractivity contribution in [2.45, 2.75) is 19.1 Å². The molecule has 1 unspecified atom stereocenters. The minimum absolute atomic E-state index is 0.0440. The van der Waals surface area contributed by atoms with Crippen molar-refractivity contribution < 1.29 is 18.6 Å². The van der Waals surface area contributed by atoms with E-state index in [1.807, 2.05) is 0 Å². The Hall–Kier alpha value is -2.21. The molecule has 0 aliphatic carbocycles. The van der Waals surface area contributed by atoms with Gasteiger partial charge in [0.1, 0.15) is 11.6 Å². The van der Waals surface area contributed by atoms with E-state index < -0.39 is 12.7 Å². The van der Waals surface area contributed by atoms with Gasteiger partial charge in [-0.1, -0.05) is 24.3 Å². The number of benzene rings is 1. The van der Waals surface area contributed by atoms with Crippen molar-refractivity contribution >= 4 is 5.82 Å². The van der Waals surface area contributed by atoms with Gasteiger partial charge in [0.2, 0.25) is 0 Å². The van der Waals surface area contributed by atoms with Gasteiger partial charge in [0, 0.05) is 18.2 Å². The molecule has 3 N–H and O–H groups in total. The number of nitrogens with zero attached hydrogens (tertiary/aromatic N) is 1. The average molecular weight is 280 g/mol. The first-order valence-electron chi connectivity index (χ1n) is 5.99. The lowest BCUT2D eigenvalue weighted by Crippen LogP contribution is -2.09. The number of aromatic nitrogens is 1. The van der Waals surface area contributed by atoms with Gasteiger partial charge in [0.25, 0.3) is 0 Å². The van der Waals surface area contributed by atoms with E-state index in [9.17, 15) is 13.9 Å². The molecule has 0 saturated carbocycles. The summed E-state index contributed by atoms with van der Waals surface area (Å²) in [5, 5.41) is 10.2. The van der Waals surface area contributed by atoms with E-state index in [0.29, 0.717) is 11.4 Å². The summed E-state index contributed by atoms with van der Waals surface area (Å²) in [5.74, 6) is 0.260. The molecule has 0 spiro atoms. The quantitative estimate of drug-likeness (QED) is 0.883. The molecule has 0 bridgehead atoms. The summed E-state index contributed by atoms with van der Waals surface area (Å²) in [6.07, 6.45) is 0.707. The van der Waals surface area contributed by atoms with E-state index in [1.54, 1.807) is 30.5 Å². The number of nitrogen functional groups attached to an aromatic ring is 1. The number of pyridine rings is 1. The number of rotatable bonds is 5. The van der Waals surface area contributed by atoms with Crippen LogP contribution in [0.1, 0.15) is 17.2 Å². The molecule has 1 atom stereocenters. The predicted molar refractivity (Wildman–Crippen MR) is 70.4 cm³/mol. The SMILES string of the molecule is Nc1ncccc1CC(O)c1ccccc1OC(F)F. The molecule has 2 rings (SSSR count). The zero-order valence-corrected chi connectivity index (χ0v) is 10.5. The smallest absolute Gasteiger partial charge is 0.387 e. The lowest BCUT2D eigenvalue weighted by atomic mass is 10.0. The molecule has 0 fully saturated rings. The molecule has 0 amide bonds. The molecule has 0 radical (unpaired) electrons. The van der Waals surface area contributed by atoms with Crippen molar-refractivity contribution in [2.75, 3.05) is 5.73 Å². The maximum Gasteiger partial charge on any atom is 0.387 e. The molecule has 1 aromatic heterocycles. The van der Waals surface area contributed by atoms with Crippen molar-refractivity contribution in [3.05, 3.63) is 53.7 Å². The average Bonchev–Trinajstić information content (AvgIpc) is 2.41. The standard InChI is InChI=1S/C14H14F2N2O2/c15-14(16)20-12-6-2-1-5-10(12)11(19)8-9-4-3-7-18-13(9)17/h1-7,11,14,19H,8H2,(H2,17,18). The van der Waals surface area contributed by atoms with E-state index in [-0.39, 0.29) is 17.7 Å². The Bertz CT molecular complexity index is 579. The fraction of sp³-hybridized carbons (Fsp3) is 0.214. The fourth-order valence-corrected chi connectivity index (χ4v) is 1.90. The van der Waals surface area contributed by atoms with Crippen LogP contribution in [0, 0.1) is 0 Å². The molecule has 0 saturated heterocycles. The number of para-hydroxylation sites is 1. The van der Waals surface area contributed by atoms with Crippen LogP contribution < -0.4 is 10.5 Å². The first-order valence-corrected chi connectivity index (χ1v) is 5.99. The highest BCUT2D eigenvalue weighted by Gasteiger charge is 2.17. The molecule has 1 aromatic carbocycles. The van der Waals surface area contributed by atoms with Crippen molar-refractivity contribution in [1.29, 1.82) is 0 Å². The van der Waals surface area contributed by atoms with Crippen LogP contribution in [0.5, 0.6) is 5.75 Å². The number of aliphatic hydroxyl groups excluding tert-OH is 1. The maximum absolute atomic E-state index is 12.3. The highest BCUT2D eigenvalue weighted by Crippen LogP contribution is 2.29. The van der Waals surface area contributed by atoms with Gasteiger partial charge in [-0.05, 0) is 17.7 Å². The molecular formula is C14H14F2N2O2. The van der Waals surface area contributed by atoms with Crippen LogP contribution in [-0.2, 0) is 6.42 Å². The molecule has 4 nitrogen and oxygen atoms in total. The van der Waals surface area contributed by atoms with Gasteiger partial charge in [0.05, 0.1) is 6.10 Å². The molecule has 0 aliphatic heterocycles. The number of alkyl halides is 2. The third kappa shape index (κ3) is 3.42. The molecule has 0 aliphatic rings. The molecule has 20 heavy (non-hydrogen) atoms. The summed E-state index contributed by atoms with van der Waals surface area (Å²) in [7, 11) is 0. The molecule has 6 heteroatoms. The largest absolute Gasteiger partial charge is 0.434 e. The fourth-order valence-electron chi connectivity index (χ4n) is 1.90. The van der Waals surface area contributed by atoms with Gasteiger partial charge in [0.15, 0.2) is 0 Å². The second kappa shape index (κ2) is 6.29. The van der Waals surface area contributed by atoms with Gasteiger partial charge in [-0.2, -0.15) is 8.78 Å². The number of hydrogen-bond donors (Lipinski definition) is 2. The second-order valence-electron chi connectivity index (χ2n) is 4.18. The summed E-state index contributed by atoms with van der Waals surface area (Å²) in [5.41, 5.74) is 6.63. The summed E-state index contributed by atoms with van der Waals surface area (Å²) in [6.45, 7) is -2.94. The first kappa shape index (κ1) is 14.2. The maximum atomic E-state index is 12.3. The van der Waals surface area contributed by atoms with E-state index in [0.717, 1.165) is 0 Å². The van der Waals surface area contributed by atoms with Crippen LogP contribution in [0.2, 0.25) is 0 Å². The van der Waals surface area contributed by atoms with Gasteiger partial charge in [-0.25, -0.2) is 4.98 Å². The summed E-state index contributed by atoms with van der Waals surface area (Å²) >= 11 is 0. The minimum Gasteiger partial charge on any atom is -0.434 e. The van der Waals surface area contributed by atoms with Crippen LogP contribution in [0.25, 0.3) is 0 Å². The van der Waals surface area contributed by atoms with Crippen molar-refractivity contribution in [1.82, 2.24) is 4.98 Å². The van der Waals surface area contributed by atoms with Gasteiger partial charge >= 0.3 is 6.61 Å². The number of halogens is 2. The summed E-state index contributed by atoms with van der Waals surface area (Å²) < 4.78 is 29.0. The number of anilines is 1. The molecule has 2 aromatic rings. The van der Waals surface area contributed by atoms with Crippen molar-refractivity contribution in [2.24, 2.45) is 0 Å². The van der Waals surface area contributed by atoms with Crippen LogP contribution in [0.15, 0.2) is 42.6 Å². The zero-order valence-electron chi connectivity index (χ0n) is 10.5. The Morgan fingerprint density at radius 3 is 2.65 bits per heavy atom. The normalized spacial score (nSPS) is 12.4. The van der Waals surface area contributed by atoms with E-state index >= 15 is 0 Å². The number of nitrogens with two attached hydrogens (primary N) is 1. The Morgan fingerprint density at radius 1 is 1.20 bits per heavy atom. The van der Waals surface area contributed by atoms with E-state index in [2.05, 4.69) is 9.72 Å². The highest BCUT2D eigenvalue weighted by molar-refractivity contribution is 5.41. The molecule has 1 heterocycles. The molecule has 106 valence electrons. The lowest BCUT2D eigenvalue weighted by molar-refractivity contribution is -0.0515. The summed E-state index contributed by atoms with van der Waals surface area (Å²) in [6, 6.07) is 9.55. The zero-order chi connectivity index (χ0) is 14.5. The Kier molecular flexibility index (Phi) is 4.47. The van der Waals surface area contributed by atoms with Crippen LogP contribution in [0.4, 0.5) is 14.6 Å². The minimum atomic E-state index is -2.94. The monoisotopic (exact) mass is 280 g/mol. The lowest BCUT2D eigenvalue weighted by Gasteiger charge is -2.16. The number of ether oxygens (including phenoxy) is 1. The molecular weight excluding hydrogens is 266 g/mol. The Labute approximate surface area is 114 Å². The summed E-state index contributed by atoms with van der Waals surface area (Å²) in [4.78, 5) is 3.91. The van der Waals surface area contributed by atoms with Gasteiger partial charge < -0.3 is 15.6 Å². The van der Waals surface area contributed by atoms with Gasteiger partial charge in [-0.15, -0.1) is 0 Å². The van der Waals surface area contributed by atoms with Crippen LogP contribution in [0.3, 0.4) is 0 Å².